The summed E-state index contributed by atoms with van der Waals surface area (Å²) in [5, 5.41) is 5.90. The monoisotopic (exact) mass is 336 g/mol. The van der Waals surface area contributed by atoms with Crippen LogP contribution < -0.4 is 5.32 Å². The Labute approximate surface area is 146 Å². The van der Waals surface area contributed by atoms with Gasteiger partial charge >= 0.3 is 0 Å². The minimum atomic E-state index is 0.0389. The molecule has 3 nitrogen and oxygen atoms in total. The third-order valence-corrected chi connectivity index (χ3v) is 4.79. The van der Waals surface area contributed by atoms with Gasteiger partial charge in [-0.1, -0.05) is 23.8 Å². The topological polar surface area (TPSA) is 42.0 Å². The van der Waals surface area contributed by atoms with Crippen molar-refractivity contribution in [2.75, 3.05) is 5.32 Å². The Hall–Kier alpha value is -2.46. The summed E-state index contributed by atoms with van der Waals surface area (Å²) in [5.41, 5.74) is 5.62. The number of hydrogen-bond acceptors (Lipinski definition) is 3. The molecular formula is C20H20N2OS. The highest BCUT2D eigenvalue weighted by molar-refractivity contribution is 7.13. The molecule has 4 heteroatoms. The molecule has 0 aliphatic carbocycles. The van der Waals surface area contributed by atoms with E-state index in [1.54, 1.807) is 17.5 Å². The fourth-order valence-electron chi connectivity index (χ4n) is 2.66. The van der Waals surface area contributed by atoms with E-state index in [0.29, 0.717) is 6.42 Å². The first-order valence-corrected chi connectivity index (χ1v) is 8.86. The van der Waals surface area contributed by atoms with Crippen LogP contribution in [-0.4, -0.2) is 10.9 Å². The average molecular weight is 336 g/mol. The van der Waals surface area contributed by atoms with Crippen molar-refractivity contribution in [3.8, 4) is 10.6 Å². The largest absolute Gasteiger partial charge is 0.326 e. The summed E-state index contributed by atoms with van der Waals surface area (Å²) in [7, 11) is 0. The minimum absolute atomic E-state index is 0.0389. The number of benzene rings is 2. The van der Waals surface area contributed by atoms with Gasteiger partial charge in [-0.05, 0) is 55.7 Å². The van der Waals surface area contributed by atoms with Crippen molar-refractivity contribution in [1.82, 2.24) is 4.98 Å². The van der Waals surface area contributed by atoms with Gasteiger partial charge in [-0.15, -0.1) is 11.3 Å². The molecule has 24 heavy (non-hydrogen) atoms. The Kier molecular flexibility index (Phi) is 5.06. The number of anilines is 1. The number of aromatic nitrogens is 1. The molecule has 0 saturated heterocycles. The van der Waals surface area contributed by atoms with Crippen LogP contribution >= 0.6 is 11.3 Å². The van der Waals surface area contributed by atoms with Gasteiger partial charge in [0.2, 0.25) is 5.91 Å². The van der Waals surface area contributed by atoms with Crippen molar-refractivity contribution in [1.29, 1.82) is 0 Å². The molecule has 0 fully saturated rings. The summed E-state index contributed by atoms with van der Waals surface area (Å²) < 4.78 is 0. The molecule has 0 aliphatic heterocycles. The Morgan fingerprint density at radius 2 is 1.92 bits per heavy atom. The van der Waals surface area contributed by atoms with E-state index in [1.807, 2.05) is 29.6 Å². The quantitative estimate of drug-likeness (QED) is 0.712. The molecule has 0 bridgehead atoms. The van der Waals surface area contributed by atoms with Crippen LogP contribution in [0.1, 0.15) is 23.1 Å². The lowest BCUT2D eigenvalue weighted by molar-refractivity contribution is -0.116. The van der Waals surface area contributed by atoms with Crippen LogP contribution in [0.15, 0.2) is 54.0 Å². The number of carbonyl (C=O) groups is 1. The predicted octanol–water partition coefficient (Wildman–Crippen LogP) is 5.00. The Balaban J connectivity index is 1.56. The molecule has 0 saturated carbocycles. The zero-order chi connectivity index (χ0) is 16.9. The van der Waals surface area contributed by atoms with E-state index in [9.17, 15) is 4.79 Å². The maximum Gasteiger partial charge on any atom is 0.224 e. The third kappa shape index (κ3) is 4.09. The van der Waals surface area contributed by atoms with Crippen LogP contribution in [-0.2, 0) is 11.2 Å². The molecule has 3 aromatic rings. The first-order chi connectivity index (χ1) is 11.6. The Morgan fingerprint density at radius 1 is 1.12 bits per heavy atom. The van der Waals surface area contributed by atoms with Gasteiger partial charge in [-0.25, -0.2) is 4.98 Å². The van der Waals surface area contributed by atoms with Crippen molar-refractivity contribution >= 4 is 22.9 Å². The lowest BCUT2D eigenvalue weighted by atomic mass is 10.0. The van der Waals surface area contributed by atoms with Gasteiger partial charge in [0.15, 0.2) is 0 Å². The van der Waals surface area contributed by atoms with E-state index in [4.69, 9.17) is 0 Å². The SMILES string of the molecule is Cc1ccc(CCC(=O)Nc2ccc(-c3nccs3)cc2)c(C)c1. The van der Waals surface area contributed by atoms with Gasteiger partial charge in [0.25, 0.3) is 0 Å². The number of hydrogen-bond donors (Lipinski definition) is 1. The molecule has 0 aliphatic rings. The molecule has 2 aromatic carbocycles. The normalized spacial score (nSPS) is 10.6. The molecule has 122 valence electrons. The molecular weight excluding hydrogens is 316 g/mol. The molecule has 1 N–H and O–H groups in total. The smallest absolute Gasteiger partial charge is 0.224 e. The summed E-state index contributed by atoms with van der Waals surface area (Å²) in [5.74, 6) is 0.0389. The lowest BCUT2D eigenvalue weighted by Gasteiger charge is -2.08. The predicted molar refractivity (Wildman–Crippen MR) is 100 cm³/mol. The molecule has 0 unspecified atom stereocenters. The zero-order valence-electron chi connectivity index (χ0n) is 13.9. The van der Waals surface area contributed by atoms with Crippen LogP contribution in [0.5, 0.6) is 0 Å². The van der Waals surface area contributed by atoms with Crippen molar-refractivity contribution in [2.24, 2.45) is 0 Å². The molecule has 0 radical (unpaired) electrons. The molecule has 1 heterocycles. The van der Waals surface area contributed by atoms with Crippen LogP contribution in [0.2, 0.25) is 0 Å². The zero-order valence-corrected chi connectivity index (χ0v) is 14.7. The summed E-state index contributed by atoms with van der Waals surface area (Å²) in [4.78, 5) is 16.4. The number of amides is 1. The standard InChI is InChI=1S/C20H20N2OS/c1-14-3-4-16(15(2)13-14)7-10-19(23)22-18-8-5-17(6-9-18)20-21-11-12-24-20/h3-6,8-9,11-13H,7,10H2,1-2H3,(H,22,23). The first-order valence-electron chi connectivity index (χ1n) is 7.98. The number of carbonyl (C=O) groups excluding carboxylic acids is 1. The Bertz CT molecular complexity index is 823. The van der Waals surface area contributed by atoms with Crippen LogP contribution in [0.25, 0.3) is 10.6 Å². The van der Waals surface area contributed by atoms with Crippen LogP contribution in [0.4, 0.5) is 5.69 Å². The second kappa shape index (κ2) is 7.41. The van der Waals surface area contributed by atoms with E-state index in [2.05, 4.69) is 42.3 Å². The van der Waals surface area contributed by atoms with Gasteiger partial charge in [0, 0.05) is 29.2 Å². The highest BCUT2D eigenvalue weighted by Gasteiger charge is 2.06. The highest BCUT2D eigenvalue weighted by atomic mass is 32.1. The maximum atomic E-state index is 12.2. The van der Waals surface area contributed by atoms with Gasteiger partial charge in [-0.3, -0.25) is 4.79 Å². The molecule has 0 spiro atoms. The first kappa shape index (κ1) is 16.4. The molecule has 0 atom stereocenters. The van der Waals surface area contributed by atoms with E-state index < -0.39 is 0 Å². The summed E-state index contributed by atoms with van der Waals surface area (Å²) in [6.07, 6.45) is 3.04. The van der Waals surface area contributed by atoms with E-state index >= 15 is 0 Å². The third-order valence-electron chi connectivity index (χ3n) is 3.97. The van der Waals surface area contributed by atoms with Crippen molar-refractivity contribution < 1.29 is 4.79 Å². The molecule has 1 amide bonds. The highest BCUT2D eigenvalue weighted by Crippen LogP contribution is 2.23. The van der Waals surface area contributed by atoms with Crippen LogP contribution in [0, 0.1) is 13.8 Å². The van der Waals surface area contributed by atoms with E-state index in [1.165, 1.54) is 16.7 Å². The molecule has 1 aromatic heterocycles. The van der Waals surface area contributed by atoms with Crippen LogP contribution in [0.3, 0.4) is 0 Å². The summed E-state index contributed by atoms with van der Waals surface area (Å²) in [6, 6.07) is 14.2. The molecule has 3 rings (SSSR count). The van der Waals surface area contributed by atoms with E-state index in [-0.39, 0.29) is 5.91 Å². The lowest BCUT2D eigenvalue weighted by Crippen LogP contribution is -2.12. The Morgan fingerprint density at radius 3 is 2.58 bits per heavy atom. The van der Waals surface area contributed by atoms with Gasteiger partial charge < -0.3 is 5.32 Å². The van der Waals surface area contributed by atoms with Crippen molar-refractivity contribution in [3.63, 3.8) is 0 Å². The average Bonchev–Trinajstić information content (AvgIpc) is 3.09. The maximum absolute atomic E-state index is 12.2. The fraction of sp³-hybridized carbons (Fsp3) is 0.200. The second-order valence-corrected chi connectivity index (χ2v) is 6.79. The number of nitrogens with zero attached hydrogens (tertiary/aromatic N) is 1. The number of nitrogens with one attached hydrogen (secondary N) is 1. The van der Waals surface area contributed by atoms with Crippen molar-refractivity contribution in [3.05, 3.63) is 70.7 Å². The number of thiazole rings is 1. The van der Waals surface area contributed by atoms with Gasteiger partial charge in [0.1, 0.15) is 5.01 Å². The van der Waals surface area contributed by atoms with E-state index in [0.717, 1.165) is 22.7 Å². The summed E-state index contributed by atoms with van der Waals surface area (Å²) in [6.45, 7) is 4.18. The van der Waals surface area contributed by atoms with Gasteiger partial charge in [-0.2, -0.15) is 0 Å². The minimum Gasteiger partial charge on any atom is -0.326 e. The number of aryl methyl sites for hydroxylation is 3. The number of rotatable bonds is 5. The second-order valence-electron chi connectivity index (χ2n) is 5.89. The van der Waals surface area contributed by atoms with Crippen molar-refractivity contribution in [2.45, 2.75) is 26.7 Å². The summed E-state index contributed by atoms with van der Waals surface area (Å²) >= 11 is 1.61. The fourth-order valence-corrected chi connectivity index (χ4v) is 3.30. The van der Waals surface area contributed by atoms with Gasteiger partial charge in [0.05, 0.1) is 0 Å².